The second-order valence-electron chi connectivity index (χ2n) is 6.22. The van der Waals surface area contributed by atoms with E-state index in [1.54, 1.807) is 0 Å². The third-order valence-corrected chi connectivity index (χ3v) is 4.79. The zero-order valence-electron chi connectivity index (χ0n) is 13.1. The average Bonchev–Trinajstić information content (AvgIpc) is 2.91. The average molecular weight is 308 g/mol. The van der Waals surface area contributed by atoms with Crippen molar-refractivity contribution in [2.75, 3.05) is 13.2 Å². The van der Waals surface area contributed by atoms with Gasteiger partial charge in [-0.25, -0.2) is 0 Å². The number of hydrogen-bond acceptors (Lipinski definition) is 5. The Morgan fingerprint density at radius 3 is 2.86 bits per heavy atom. The maximum absolute atomic E-state index is 10.1. The van der Waals surface area contributed by atoms with Crippen LogP contribution in [0.1, 0.15) is 27.7 Å². The zero-order chi connectivity index (χ0) is 15.5. The van der Waals surface area contributed by atoms with Gasteiger partial charge in [0.25, 0.3) is 0 Å². The van der Waals surface area contributed by atoms with Gasteiger partial charge in [-0.2, -0.15) is 4.37 Å². The summed E-state index contributed by atoms with van der Waals surface area (Å²) in [6.07, 6.45) is 1.27. The lowest BCUT2D eigenvalue weighted by molar-refractivity contribution is 0.0953. The van der Waals surface area contributed by atoms with E-state index in [9.17, 15) is 5.11 Å². The van der Waals surface area contributed by atoms with E-state index in [-0.39, 0.29) is 12.1 Å². The number of hydrogen-bond donors (Lipinski definition) is 2. The number of β-amino-alcohol motifs (C(OH)–C–C–N with tert-alkyl or cyclic N) is 1. The minimum atomic E-state index is -0.537. The molecule has 0 spiro atoms. The highest BCUT2D eigenvalue weighted by Gasteiger charge is 2.22. The molecule has 0 aliphatic rings. The predicted molar refractivity (Wildman–Crippen MR) is 88.0 cm³/mol. The fourth-order valence-electron chi connectivity index (χ4n) is 1.82. The van der Waals surface area contributed by atoms with Gasteiger partial charge in [-0.3, -0.25) is 0 Å². The Hall–Kier alpha value is -1.17. The van der Waals surface area contributed by atoms with Gasteiger partial charge in [0.1, 0.15) is 18.5 Å². The number of ether oxygens (including phenoxy) is 1. The van der Waals surface area contributed by atoms with Crippen LogP contribution in [0.5, 0.6) is 5.75 Å². The summed E-state index contributed by atoms with van der Waals surface area (Å²) in [6, 6.07) is 5.88. The lowest BCUT2D eigenvalue weighted by Gasteiger charge is -2.31. The van der Waals surface area contributed by atoms with Crippen molar-refractivity contribution in [3.63, 3.8) is 0 Å². The van der Waals surface area contributed by atoms with Crippen molar-refractivity contribution in [3.8, 4) is 5.75 Å². The highest BCUT2D eigenvalue weighted by Crippen LogP contribution is 2.27. The molecule has 2 rings (SSSR count). The third kappa shape index (κ3) is 4.15. The summed E-state index contributed by atoms with van der Waals surface area (Å²) < 4.78 is 11.0. The van der Waals surface area contributed by atoms with Crippen molar-refractivity contribution in [1.82, 2.24) is 9.69 Å². The first-order valence-electron chi connectivity index (χ1n) is 7.29. The Kier molecular flexibility index (Phi) is 5.19. The SMILES string of the molecule is CC(C)C(C)(C)NCC(O)COc1cccc2sncc12. The quantitative estimate of drug-likeness (QED) is 0.825. The Morgan fingerprint density at radius 2 is 2.14 bits per heavy atom. The van der Waals surface area contributed by atoms with E-state index in [1.807, 2.05) is 24.4 Å². The van der Waals surface area contributed by atoms with E-state index in [0.717, 1.165) is 15.8 Å². The predicted octanol–water partition coefficient (Wildman–Crippen LogP) is 3.06. The lowest BCUT2D eigenvalue weighted by atomic mass is 9.90. The Labute approximate surface area is 130 Å². The molecule has 0 bridgehead atoms. The summed E-state index contributed by atoms with van der Waals surface area (Å²) in [5, 5.41) is 14.5. The standard InChI is InChI=1S/C16H24N2O2S/c1-11(2)16(3,4)17-8-12(19)10-20-14-6-5-7-15-13(14)9-18-21-15/h5-7,9,11-12,17,19H,8,10H2,1-4H3. The number of nitrogens with one attached hydrogen (secondary N) is 1. The summed E-state index contributed by atoms with van der Waals surface area (Å²) in [7, 11) is 0. The molecule has 116 valence electrons. The summed E-state index contributed by atoms with van der Waals surface area (Å²) in [6.45, 7) is 9.41. The largest absolute Gasteiger partial charge is 0.490 e. The van der Waals surface area contributed by atoms with Crippen LogP contribution in [0, 0.1) is 5.92 Å². The topological polar surface area (TPSA) is 54.4 Å². The molecule has 0 amide bonds. The third-order valence-electron chi connectivity index (χ3n) is 4.03. The Bertz CT molecular complexity index is 580. The Balaban J connectivity index is 1.87. The molecule has 0 saturated carbocycles. The molecule has 2 N–H and O–H groups in total. The summed E-state index contributed by atoms with van der Waals surface area (Å²) in [5.74, 6) is 1.28. The van der Waals surface area contributed by atoms with Crippen molar-refractivity contribution < 1.29 is 9.84 Å². The van der Waals surface area contributed by atoms with Crippen molar-refractivity contribution in [2.24, 2.45) is 5.92 Å². The van der Waals surface area contributed by atoms with Crippen molar-refractivity contribution in [1.29, 1.82) is 0 Å². The molecular formula is C16H24N2O2S. The van der Waals surface area contributed by atoms with Gasteiger partial charge in [-0.05, 0) is 43.4 Å². The number of aliphatic hydroxyl groups excluding tert-OH is 1. The molecule has 1 atom stereocenters. The zero-order valence-corrected chi connectivity index (χ0v) is 13.9. The van der Waals surface area contributed by atoms with Gasteiger partial charge >= 0.3 is 0 Å². The molecule has 0 radical (unpaired) electrons. The molecular weight excluding hydrogens is 284 g/mol. The van der Waals surface area contributed by atoms with E-state index in [1.165, 1.54) is 11.5 Å². The molecule has 21 heavy (non-hydrogen) atoms. The van der Waals surface area contributed by atoms with Gasteiger partial charge in [-0.15, -0.1) is 0 Å². The summed E-state index contributed by atoms with van der Waals surface area (Å²) in [4.78, 5) is 0. The minimum Gasteiger partial charge on any atom is -0.490 e. The second-order valence-corrected chi connectivity index (χ2v) is 7.05. The molecule has 0 aliphatic carbocycles. The van der Waals surface area contributed by atoms with Crippen LogP contribution in [-0.2, 0) is 0 Å². The summed E-state index contributed by atoms with van der Waals surface area (Å²) >= 11 is 1.45. The van der Waals surface area contributed by atoms with Crippen molar-refractivity contribution in [3.05, 3.63) is 24.4 Å². The molecule has 1 aromatic carbocycles. The maximum Gasteiger partial charge on any atom is 0.129 e. The number of rotatable bonds is 7. The monoisotopic (exact) mass is 308 g/mol. The van der Waals surface area contributed by atoms with Crippen LogP contribution in [0.3, 0.4) is 0 Å². The van der Waals surface area contributed by atoms with E-state index in [4.69, 9.17) is 4.74 Å². The Morgan fingerprint density at radius 1 is 1.38 bits per heavy atom. The number of nitrogens with zero attached hydrogens (tertiary/aromatic N) is 1. The maximum atomic E-state index is 10.1. The number of benzene rings is 1. The molecule has 5 heteroatoms. The van der Waals surface area contributed by atoms with Crippen LogP contribution in [0.2, 0.25) is 0 Å². The fraction of sp³-hybridized carbons (Fsp3) is 0.562. The van der Waals surface area contributed by atoms with Gasteiger partial charge in [0.2, 0.25) is 0 Å². The molecule has 0 saturated heterocycles. The van der Waals surface area contributed by atoms with Crippen LogP contribution in [-0.4, -0.2) is 34.3 Å². The van der Waals surface area contributed by atoms with Crippen LogP contribution in [0.25, 0.3) is 10.1 Å². The van der Waals surface area contributed by atoms with E-state index >= 15 is 0 Å². The highest BCUT2D eigenvalue weighted by atomic mass is 32.1. The van der Waals surface area contributed by atoms with Crippen molar-refractivity contribution in [2.45, 2.75) is 39.3 Å². The van der Waals surface area contributed by atoms with E-state index < -0.39 is 6.10 Å². The molecule has 1 unspecified atom stereocenters. The molecule has 4 nitrogen and oxygen atoms in total. The molecule has 0 aliphatic heterocycles. The van der Waals surface area contributed by atoms with E-state index in [2.05, 4.69) is 37.4 Å². The number of fused-ring (bicyclic) bond motifs is 1. The molecule has 2 aromatic rings. The van der Waals surface area contributed by atoms with E-state index in [0.29, 0.717) is 12.5 Å². The number of aromatic nitrogens is 1. The van der Waals surface area contributed by atoms with Crippen LogP contribution < -0.4 is 10.1 Å². The van der Waals surface area contributed by atoms with Gasteiger partial charge < -0.3 is 15.2 Å². The molecule has 0 fully saturated rings. The first-order valence-corrected chi connectivity index (χ1v) is 8.07. The molecule has 1 aromatic heterocycles. The smallest absolute Gasteiger partial charge is 0.129 e. The van der Waals surface area contributed by atoms with Crippen LogP contribution in [0.4, 0.5) is 0 Å². The first kappa shape index (κ1) is 16.2. The normalized spacial score (nSPS) is 13.8. The fourth-order valence-corrected chi connectivity index (χ4v) is 2.49. The minimum absolute atomic E-state index is 0.00171. The van der Waals surface area contributed by atoms with Crippen molar-refractivity contribution >= 4 is 21.6 Å². The lowest BCUT2D eigenvalue weighted by Crippen LogP contribution is -2.48. The van der Waals surface area contributed by atoms with Gasteiger partial charge in [0.15, 0.2) is 0 Å². The van der Waals surface area contributed by atoms with Gasteiger partial charge in [0, 0.05) is 12.1 Å². The van der Waals surface area contributed by atoms with Crippen LogP contribution >= 0.6 is 11.5 Å². The second kappa shape index (κ2) is 6.73. The van der Waals surface area contributed by atoms with Crippen LogP contribution in [0.15, 0.2) is 24.4 Å². The van der Waals surface area contributed by atoms with Gasteiger partial charge in [0.05, 0.1) is 16.3 Å². The highest BCUT2D eigenvalue weighted by molar-refractivity contribution is 7.13. The number of aliphatic hydroxyl groups is 1. The summed E-state index contributed by atoms with van der Waals surface area (Å²) in [5.41, 5.74) is -0.00171. The van der Waals surface area contributed by atoms with Gasteiger partial charge in [-0.1, -0.05) is 19.9 Å². The first-order chi connectivity index (χ1) is 9.90. The molecule has 1 heterocycles.